The molecule has 0 saturated carbocycles. The number of thiocarbonyl (C=S) groups is 1. The molecular formula is C17H18N2O4S. The zero-order valence-corrected chi connectivity index (χ0v) is 14.3. The van der Waals surface area contributed by atoms with Crippen LogP contribution in [0, 0.1) is 0 Å². The Labute approximate surface area is 145 Å². The van der Waals surface area contributed by atoms with E-state index in [4.69, 9.17) is 21.7 Å². The van der Waals surface area contributed by atoms with E-state index in [0.717, 1.165) is 0 Å². The smallest absolute Gasteiger partial charge is 0.265 e. The van der Waals surface area contributed by atoms with Crippen molar-refractivity contribution in [2.45, 2.75) is 6.92 Å². The third-order valence-electron chi connectivity index (χ3n) is 3.30. The molecular weight excluding hydrogens is 328 g/mol. The fraction of sp³-hybridized carbons (Fsp3) is 0.235. The predicted molar refractivity (Wildman–Crippen MR) is 94.8 cm³/mol. The third kappa shape index (κ3) is 3.62. The van der Waals surface area contributed by atoms with E-state index in [2.05, 4.69) is 11.9 Å². The summed E-state index contributed by atoms with van der Waals surface area (Å²) in [6.07, 6.45) is 3.03. The topological polar surface area (TPSA) is 67.9 Å². The number of carbonyl (C=O) groups excluding carboxylic acids is 2. The second-order valence-corrected chi connectivity index (χ2v) is 5.25. The van der Waals surface area contributed by atoms with Gasteiger partial charge in [-0.2, -0.15) is 0 Å². The Kier molecular flexibility index (Phi) is 5.70. The summed E-state index contributed by atoms with van der Waals surface area (Å²) < 4.78 is 10.7. The lowest BCUT2D eigenvalue weighted by Gasteiger charge is -2.27. The summed E-state index contributed by atoms with van der Waals surface area (Å²) in [5.41, 5.74) is 0.636. The van der Waals surface area contributed by atoms with Gasteiger partial charge in [-0.1, -0.05) is 12.1 Å². The lowest BCUT2D eigenvalue weighted by molar-refractivity contribution is -0.128. The largest absolute Gasteiger partial charge is 0.493 e. The van der Waals surface area contributed by atoms with E-state index in [1.807, 2.05) is 6.92 Å². The standard InChI is InChI=1S/C17H18N2O4S/c1-4-8-19-16(21)12(15(20)18-17(19)24)9-11-6-7-13(23-5-2)14(10-11)22-3/h4,6-7,9-10H,1,5,8H2,2-3H3,(H,18,20,24)/b12-9-. The minimum Gasteiger partial charge on any atom is -0.493 e. The Morgan fingerprint density at radius 3 is 2.71 bits per heavy atom. The number of amides is 2. The van der Waals surface area contributed by atoms with Gasteiger partial charge in [0.1, 0.15) is 5.57 Å². The van der Waals surface area contributed by atoms with E-state index in [0.29, 0.717) is 23.7 Å². The molecule has 126 valence electrons. The molecule has 0 radical (unpaired) electrons. The molecule has 7 heteroatoms. The van der Waals surface area contributed by atoms with Crippen molar-refractivity contribution in [1.29, 1.82) is 0 Å². The van der Waals surface area contributed by atoms with Gasteiger partial charge in [0.05, 0.1) is 13.7 Å². The van der Waals surface area contributed by atoms with Crippen molar-refractivity contribution < 1.29 is 19.1 Å². The van der Waals surface area contributed by atoms with Crippen LogP contribution in [0.1, 0.15) is 12.5 Å². The predicted octanol–water partition coefficient (Wildman–Crippen LogP) is 1.91. The molecule has 6 nitrogen and oxygen atoms in total. The number of carbonyl (C=O) groups is 2. The summed E-state index contributed by atoms with van der Waals surface area (Å²) in [5.74, 6) is 0.124. The second kappa shape index (κ2) is 7.74. The van der Waals surface area contributed by atoms with Gasteiger partial charge in [0.25, 0.3) is 11.8 Å². The van der Waals surface area contributed by atoms with E-state index < -0.39 is 11.8 Å². The summed E-state index contributed by atoms with van der Waals surface area (Å²) in [7, 11) is 1.53. The monoisotopic (exact) mass is 346 g/mol. The highest BCUT2D eigenvalue weighted by Gasteiger charge is 2.32. The van der Waals surface area contributed by atoms with Crippen LogP contribution >= 0.6 is 12.2 Å². The normalized spacial score (nSPS) is 16.2. The average Bonchev–Trinajstić information content (AvgIpc) is 2.56. The number of hydrogen-bond acceptors (Lipinski definition) is 5. The Balaban J connectivity index is 2.38. The van der Waals surface area contributed by atoms with Crippen LogP contribution in [0.4, 0.5) is 0 Å². The fourth-order valence-electron chi connectivity index (χ4n) is 2.20. The molecule has 1 saturated heterocycles. The van der Waals surface area contributed by atoms with E-state index in [-0.39, 0.29) is 17.2 Å². The van der Waals surface area contributed by atoms with E-state index in [9.17, 15) is 9.59 Å². The van der Waals surface area contributed by atoms with Crippen molar-refractivity contribution in [3.63, 3.8) is 0 Å². The maximum absolute atomic E-state index is 12.5. The highest BCUT2D eigenvalue weighted by Crippen LogP contribution is 2.29. The number of benzene rings is 1. The summed E-state index contributed by atoms with van der Waals surface area (Å²) in [6, 6.07) is 5.17. The van der Waals surface area contributed by atoms with Crippen molar-refractivity contribution in [3.05, 3.63) is 42.0 Å². The van der Waals surface area contributed by atoms with Crippen molar-refractivity contribution in [2.75, 3.05) is 20.3 Å². The minimum absolute atomic E-state index is 0.00309. The molecule has 1 heterocycles. The van der Waals surface area contributed by atoms with Crippen LogP contribution in [0.25, 0.3) is 6.08 Å². The molecule has 24 heavy (non-hydrogen) atoms. The second-order valence-electron chi connectivity index (χ2n) is 4.87. The van der Waals surface area contributed by atoms with E-state index in [1.54, 1.807) is 24.3 Å². The fourth-order valence-corrected chi connectivity index (χ4v) is 2.45. The third-order valence-corrected chi connectivity index (χ3v) is 3.62. The van der Waals surface area contributed by atoms with Crippen LogP contribution in [-0.4, -0.2) is 42.1 Å². The van der Waals surface area contributed by atoms with Crippen LogP contribution in [0.5, 0.6) is 11.5 Å². The number of methoxy groups -OCH3 is 1. The van der Waals surface area contributed by atoms with Gasteiger partial charge in [0, 0.05) is 6.54 Å². The molecule has 0 bridgehead atoms. The SMILES string of the molecule is C=CCN1C(=O)/C(=C\c2ccc(OCC)c(OC)c2)C(=O)NC1=S. The lowest BCUT2D eigenvalue weighted by atomic mass is 10.1. The number of hydrogen-bond donors (Lipinski definition) is 1. The first-order chi connectivity index (χ1) is 11.5. The molecule has 1 N–H and O–H groups in total. The summed E-state index contributed by atoms with van der Waals surface area (Å²) in [4.78, 5) is 25.8. The molecule has 0 spiro atoms. The molecule has 1 aromatic rings. The first kappa shape index (κ1) is 17.7. The Hall–Kier alpha value is -2.67. The van der Waals surface area contributed by atoms with Crippen molar-refractivity contribution in [2.24, 2.45) is 0 Å². The van der Waals surface area contributed by atoms with Gasteiger partial charge in [-0.15, -0.1) is 6.58 Å². The molecule has 0 unspecified atom stereocenters. The maximum Gasteiger partial charge on any atom is 0.265 e. The quantitative estimate of drug-likeness (QED) is 0.369. The Morgan fingerprint density at radius 1 is 1.33 bits per heavy atom. The van der Waals surface area contributed by atoms with Crippen LogP contribution in [0.3, 0.4) is 0 Å². The van der Waals surface area contributed by atoms with Crippen LogP contribution < -0.4 is 14.8 Å². The van der Waals surface area contributed by atoms with Gasteiger partial charge in [-0.05, 0) is 42.9 Å². The molecule has 0 atom stereocenters. The molecule has 0 aliphatic carbocycles. The average molecular weight is 346 g/mol. The zero-order chi connectivity index (χ0) is 17.7. The van der Waals surface area contributed by atoms with Gasteiger partial charge in [0.2, 0.25) is 0 Å². The molecule has 2 amide bonds. The molecule has 1 fully saturated rings. The summed E-state index contributed by atoms with van der Waals surface area (Å²) >= 11 is 5.01. The van der Waals surface area contributed by atoms with Gasteiger partial charge in [0.15, 0.2) is 16.6 Å². The van der Waals surface area contributed by atoms with E-state index >= 15 is 0 Å². The number of rotatable bonds is 6. The van der Waals surface area contributed by atoms with Crippen LogP contribution in [-0.2, 0) is 9.59 Å². The van der Waals surface area contributed by atoms with Gasteiger partial charge < -0.3 is 9.47 Å². The molecule has 1 aliphatic heterocycles. The van der Waals surface area contributed by atoms with Gasteiger partial charge in [-0.25, -0.2) is 0 Å². The van der Waals surface area contributed by atoms with Gasteiger partial charge >= 0.3 is 0 Å². The number of nitrogens with one attached hydrogen (secondary N) is 1. The van der Waals surface area contributed by atoms with Crippen molar-refractivity contribution in [3.8, 4) is 11.5 Å². The zero-order valence-electron chi connectivity index (χ0n) is 13.5. The first-order valence-electron chi connectivity index (χ1n) is 7.32. The lowest BCUT2D eigenvalue weighted by Crippen LogP contribution is -2.53. The summed E-state index contributed by atoms with van der Waals surface area (Å²) in [6.45, 7) is 6.19. The maximum atomic E-state index is 12.5. The first-order valence-corrected chi connectivity index (χ1v) is 7.73. The molecule has 1 aliphatic rings. The highest BCUT2D eigenvalue weighted by molar-refractivity contribution is 7.80. The Morgan fingerprint density at radius 2 is 2.08 bits per heavy atom. The van der Waals surface area contributed by atoms with Crippen LogP contribution in [0.2, 0.25) is 0 Å². The molecule has 2 rings (SSSR count). The van der Waals surface area contributed by atoms with Crippen molar-refractivity contribution >= 4 is 35.2 Å². The van der Waals surface area contributed by atoms with Crippen molar-refractivity contribution in [1.82, 2.24) is 10.2 Å². The van der Waals surface area contributed by atoms with Crippen LogP contribution in [0.15, 0.2) is 36.4 Å². The molecule has 0 aromatic heterocycles. The highest BCUT2D eigenvalue weighted by atomic mass is 32.1. The summed E-state index contributed by atoms with van der Waals surface area (Å²) in [5, 5.41) is 2.58. The Bertz CT molecular complexity index is 727. The number of ether oxygens (including phenoxy) is 2. The number of nitrogens with zero attached hydrogens (tertiary/aromatic N) is 1. The minimum atomic E-state index is -0.529. The molecule has 1 aromatic carbocycles. The van der Waals surface area contributed by atoms with E-state index in [1.165, 1.54) is 18.1 Å². The van der Waals surface area contributed by atoms with Gasteiger partial charge in [-0.3, -0.25) is 19.8 Å².